The summed E-state index contributed by atoms with van der Waals surface area (Å²) in [5.74, 6) is -1.47. The van der Waals surface area contributed by atoms with E-state index in [2.05, 4.69) is 17.4 Å². The second kappa shape index (κ2) is 10.1. The third-order valence-corrected chi connectivity index (χ3v) is 8.59. The van der Waals surface area contributed by atoms with Crippen molar-refractivity contribution in [2.45, 2.75) is 31.7 Å². The molecule has 3 aromatic rings. The minimum Gasteiger partial charge on any atom is -0.452 e. The number of anilines is 1. The SMILES string of the molecule is C[C@H](NC(=O)COC(=O)c1cccc(N2C(=O)[C@@H]3[C@@H]4C[C@@H]([C@H]3C2=O)[C@H](c2ccccc2)C4)c1)c1ccccc1. The molecule has 3 amide bonds. The van der Waals surface area contributed by atoms with Crippen LogP contribution in [0.25, 0.3) is 0 Å². The molecule has 2 saturated carbocycles. The summed E-state index contributed by atoms with van der Waals surface area (Å²) in [7, 11) is 0. The summed E-state index contributed by atoms with van der Waals surface area (Å²) in [6.45, 7) is 1.42. The maximum absolute atomic E-state index is 13.6. The van der Waals surface area contributed by atoms with Gasteiger partial charge in [-0.25, -0.2) is 4.79 Å². The largest absolute Gasteiger partial charge is 0.452 e. The molecule has 1 saturated heterocycles. The van der Waals surface area contributed by atoms with Crippen molar-refractivity contribution in [2.75, 3.05) is 11.5 Å². The number of hydrogen-bond acceptors (Lipinski definition) is 5. The number of hydrogen-bond donors (Lipinski definition) is 1. The molecule has 1 N–H and O–H groups in total. The summed E-state index contributed by atoms with van der Waals surface area (Å²) < 4.78 is 5.24. The van der Waals surface area contributed by atoms with Gasteiger partial charge in [0.05, 0.1) is 29.1 Å². The third-order valence-electron chi connectivity index (χ3n) is 8.59. The standard InChI is InChI=1S/C32H30N2O5/c1-19(20-9-4-2-5-10-20)33-27(35)18-39-32(38)22-13-8-14-24(15-22)34-30(36)28-23-16-25(21-11-6-3-7-12-21)26(17-23)29(28)31(34)37/h2-15,19,23,25-26,28-29H,16-18H2,1H3,(H,33,35)/t19-,23-,25-,26+,28+,29+/m0/s1. The van der Waals surface area contributed by atoms with Crippen LogP contribution in [0, 0.1) is 23.7 Å². The molecule has 7 heteroatoms. The molecule has 2 aliphatic carbocycles. The average Bonchev–Trinajstić information content (AvgIpc) is 3.63. The van der Waals surface area contributed by atoms with Crippen LogP contribution in [0.4, 0.5) is 5.69 Å². The molecule has 39 heavy (non-hydrogen) atoms. The van der Waals surface area contributed by atoms with Crippen LogP contribution < -0.4 is 10.2 Å². The Morgan fingerprint density at radius 1 is 0.897 bits per heavy atom. The Labute approximate surface area is 227 Å². The van der Waals surface area contributed by atoms with Gasteiger partial charge in [0.25, 0.3) is 5.91 Å². The highest BCUT2D eigenvalue weighted by molar-refractivity contribution is 6.23. The molecule has 0 unspecified atom stereocenters. The Morgan fingerprint density at radius 2 is 1.59 bits per heavy atom. The highest BCUT2D eigenvalue weighted by Gasteiger charge is 2.64. The van der Waals surface area contributed by atoms with E-state index < -0.39 is 18.5 Å². The maximum atomic E-state index is 13.6. The molecular weight excluding hydrogens is 492 g/mol. The van der Waals surface area contributed by atoms with E-state index >= 15 is 0 Å². The lowest BCUT2D eigenvalue weighted by molar-refractivity contribution is -0.125. The molecule has 0 aromatic heterocycles. The van der Waals surface area contributed by atoms with Crippen molar-refractivity contribution in [3.05, 3.63) is 102 Å². The van der Waals surface area contributed by atoms with Crippen molar-refractivity contribution in [1.29, 1.82) is 0 Å². The smallest absolute Gasteiger partial charge is 0.338 e. The molecule has 3 aromatic carbocycles. The van der Waals surface area contributed by atoms with E-state index in [1.165, 1.54) is 16.5 Å². The van der Waals surface area contributed by atoms with Crippen LogP contribution in [-0.2, 0) is 19.1 Å². The summed E-state index contributed by atoms with van der Waals surface area (Å²) in [6, 6.07) is 25.8. The van der Waals surface area contributed by atoms with E-state index in [1.54, 1.807) is 18.2 Å². The molecule has 0 radical (unpaired) electrons. The number of fused-ring (bicyclic) bond motifs is 5. The van der Waals surface area contributed by atoms with Crippen LogP contribution in [0.3, 0.4) is 0 Å². The van der Waals surface area contributed by atoms with Gasteiger partial charge in [-0.15, -0.1) is 0 Å². The fraction of sp³-hybridized carbons (Fsp3) is 0.312. The van der Waals surface area contributed by atoms with Crippen LogP contribution in [0.1, 0.15) is 53.2 Å². The summed E-state index contributed by atoms with van der Waals surface area (Å²) in [6.07, 6.45) is 1.82. The molecule has 3 fully saturated rings. The average molecular weight is 523 g/mol. The van der Waals surface area contributed by atoms with Gasteiger partial charge < -0.3 is 10.1 Å². The first kappa shape index (κ1) is 25.0. The Balaban J connectivity index is 1.12. The van der Waals surface area contributed by atoms with Crippen molar-refractivity contribution in [3.8, 4) is 0 Å². The van der Waals surface area contributed by atoms with Crippen molar-refractivity contribution in [2.24, 2.45) is 23.7 Å². The minimum atomic E-state index is -0.692. The topological polar surface area (TPSA) is 92.8 Å². The number of carbonyl (C=O) groups is 4. The van der Waals surface area contributed by atoms with Gasteiger partial charge in [0.15, 0.2) is 6.61 Å². The van der Waals surface area contributed by atoms with E-state index in [0.29, 0.717) is 5.69 Å². The van der Waals surface area contributed by atoms with E-state index in [0.717, 1.165) is 18.4 Å². The molecular formula is C32H30N2O5. The Kier molecular flexibility index (Phi) is 6.51. The normalized spacial score (nSPS) is 25.9. The number of ether oxygens (including phenoxy) is 1. The van der Waals surface area contributed by atoms with Crippen LogP contribution in [0.5, 0.6) is 0 Å². The number of benzene rings is 3. The number of imide groups is 1. The van der Waals surface area contributed by atoms with Gasteiger partial charge in [-0.2, -0.15) is 0 Å². The molecule has 6 atom stereocenters. The second-order valence-electron chi connectivity index (χ2n) is 10.8. The number of esters is 1. The highest BCUT2D eigenvalue weighted by atomic mass is 16.5. The molecule has 7 nitrogen and oxygen atoms in total. The molecule has 1 aliphatic heterocycles. The van der Waals surface area contributed by atoms with Crippen LogP contribution >= 0.6 is 0 Å². The summed E-state index contributed by atoms with van der Waals surface area (Å²) in [5, 5.41) is 2.81. The zero-order valence-electron chi connectivity index (χ0n) is 21.7. The van der Waals surface area contributed by atoms with Crippen molar-refractivity contribution in [1.82, 2.24) is 5.32 Å². The third kappa shape index (κ3) is 4.52. The van der Waals surface area contributed by atoms with Crippen LogP contribution in [0.15, 0.2) is 84.9 Å². The van der Waals surface area contributed by atoms with E-state index in [4.69, 9.17) is 4.74 Å². The number of nitrogens with zero attached hydrogens (tertiary/aromatic N) is 1. The Morgan fingerprint density at radius 3 is 2.33 bits per heavy atom. The van der Waals surface area contributed by atoms with Gasteiger partial charge in [-0.05, 0) is 66.8 Å². The predicted octanol–water partition coefficient (Wildman–Crippen LogP) is 4.65. The summed E-state index contributed by atoms with van der Waals surface area (Å²) >= 11 is 0. The molecule has 1 heterocycles. The predicted molar refractivity (Wildman–Crippen MR) is 145 cm³/mol. The van der Waals surface area contributed by atoms with Gasteiger partial charge in [0.2, 0.25) is 11.8 Å². The van der Waals surface area contributed by atoms with Gasteiger partial charge in [-0.1, -0.05) is 66.7 Å². The lowest BCUT2D eigenvalue weighted by Crippen LogP contribution is -2.33. The first-order chi connectivity index (χ1) is 18.9. The quantitative estimate of drug-likeness (QED) is 0.360. The van der Waals surface area contributed by atoms with Gasteiger partial charge >= 0.3 is 5.97 Å². The monoisotopic (exact) mass is 522 g/mol. The molecule has 198 valence electrons. The fourth-order valence-corrected chi connectivity index (χ4v) is 6.89. The molecule has 2 bridgehead atoms. The van der Waals surface area contributed by atoms with E-state index in [9.17, 15) is 19.2 Å². The number of nitrogens with one attached hydrogen (secondary N) is 1. The van der Waals surface area contributed by atoms with Gasteiger partial charge in [0, 0.05) is 0 Å². The first-order valence-electron chi connectivity index (χ1n) is 13.5. The number of rotatable bonds is 7. The maximum Gasteiger partial charge on any atom is 0.338 e. The molecule has 3 aliphatic rings. The highest BCUT2D eigenvalue weighted by Crippen LogP contribution is 2.61. The van der Waals surface area contributed by atoms with Gasteiger partial charge in [0.1, 0.15) is 0 Å². The first-order valence-corrected chi connectivity index (χ1v) is 13.5. The van der Waals surface area contributed by atoms with Gasteiger partial charge in [-0.3, -0.25) is 19.3 Å². The van der Waals surface area contributed by atoms with Crippen molar-refractivity contribution < 1.29 is 23.9 Å². The second-order valence-corrected chi connectivity index (χ2v) is 10.8. The fourth-order valence-electron chi connectivity index (χ4n) is 6.89. The van der Waals surface area contributed by atoms with Crippen molar-refractivity contribution >= 4 is 29.4 Å². The Hall–Kier alpha value is -4.26. The lowest BCUT2D eigenvalue weighted by atomic mass is 9.73. The summed E-state index contributed by atoms with van der Waals surface area (Å²) in [4.78, 5) is 53.5. The van der Waals surface area contributed by atoms with Crippen LogP contribution in [-0.4, -0.2) is 30.3 Å². The molecule has 0 spiro atoms. The number of carbonyl (C=O) groups excluding carboxylic acids is 4. The Bertz CT molecular complexity index is 1420. The van der Waals surface area contributed by atoms with Crippen LogP contribution in [0.2, 0.25) is 0 Å². The molecule has 6 rings (SSSR count). The number of amides is 3. The summed E-state index contributed by atoms with van der Waals surface area (Å²) in [5.41, 5.74) is 2.72. The zero-order valence-corrected chi connectivity index (χ0v) is 21.7. The van der Waals surface area contributed by atoms with E-state index in [-0.39, 0.29) is 53.0 Å². The van der Waals surface area contributed by atoms with Crippen molar-refractivity contribution in [3.63, 3.8) is 0 Å². The van der Waals surface area contributed by atoms with E-state index in [1.807, 2.05) is 55.5 Å². The zero-order chi connectivity index (χ0) is 27.1. The lowest BCUT2D eigenvalue weighted by Gasteiger charge is -2.28. The minimum absolute atomic E-state index is 0.147.